The molecule has 2 aliphatic heterocycles. The van der Waals surface area contributed by atoms with Gasteiger partial charge < -0.3 is 14.6 Å². The first-order valence-corrected chi connectivity index (χ1v) is 9.11. The van der Waals surface area contributed by atoms with Gasteiger partial charge in [-0.1, -0.05) is 6.92 Å². The van der Waals surface area contributed by atoms with Crippen LogP contribution in [0.15, 0.2) is 34.6 Å². The molecule has 0 bridgehead atoms. The molecule has 2 aromatic rings. The monoisotopic (exact) mass is 334 g/mol. The van der Waals surface area contributed by atoms with E-state index in [-0.39, 0.29) is 17.7 Å². The first-order valence-electron chi connectivity index (χ1n) is 9.11. The molecule has 0 saturated heterocycles. The maximum atomic E-state index is 12.6. The largest absolute Gasteiger partial charge is 0.491 e. The quantitative estimate of drug-likeness (QED) is 0.790. The Morgan fingerprint density at radius 2 is 2.16 bits per heavy atom. The Balaban J connectivity index is 1.65. The van der Waals surface area contributed by atoms with E-state index in [1.165, 1.54) is 22.3 Å². The number of rotatable bonds is 3. The molecule has 3 heterocycles. The maximum absolute atomic E-state index is 12.6. The fraction of sp³-hybridized carbons (Fsp3) is 0.381. The van der Waals surface area contributed by atoms with Crippen molar-refractivity contribution in [3.8, 4) is 5.75 Å². The van der Waals surface area contributed by atoms with Crippen LogP contribution in [0.25, 0.3) is 5.57 Å². The number of allylic oxidation sites excluding steroid dienone is 1. The highest BCUT2D eigenvalue weighted by Gasteiger charge is 2.38. The zero-order valence-corrected chi connectivity index (χ0v) is 14.8. The predicted molar refractivity (Wildman–Crippen MR) is 99.3 cm³/mol. The molecule has 1 aliphatic carbocycles. The van der Waals surface area contributed by atoms with Crippen LogP contribution >= 0.6 is 0 Å². The van der Waals surface area contributed by atoms with E-state index in [1.54, 1.807) is 0 Å². The number of anilines is 1. The second-order valence-electron chi connectivity index (χ2n) is 7.45. The predicted octanol–water partition coefficient (Wildman–Crippen LogP) is 3.88. The van der Waals surface area contributed by atoms with Gasteiger partial charge in [-0.05, 0) is 61.2 Å². The number of nitrogens with zero attached hydrogens (tertiary/aromatic N) is 1. The van der Waals surface area contributed by atoms with Gasteiger partial charge in [0.1, 0.15) is 5.75 Å². The summed E-state index contributed by atoms with van der Waals surface area (Å²) in [4.78, 5) is 12.6. The van der Waals surface area contributed by atoms with Gasteiger partial charge in [0, 0.05) is 35.5 Å². The van der Waals surface area contributed by atoms with Gasteiger partial charge in [0.25, 0.3) is 5.56 Å². The van der Waals surface area contributed by atoms with Crippen LogP contribution < -0.4 is 15.6 Å². The van der Waals surface area contributed by atoms with Crippen LogP contribution in [0.2, 0.25) is 0 Å². The number of pyridine rings is 1. The summed E-state index contributed by atoms with van der Waals surface area (Å²) in [6, 6.07) is 8.61. The third-order valence-corrected chi connectivity index (χ3v) is 5.47. The SMILES string of the molecule is CCC1=C2Cn3c(cc4c(c3=O)C4)C2Nc2ccc(OC(C)C)cc21. The van der Waals surface area contributed by atoms with Crippen molar-refractivity contribution in [1.82, 2.24) is 4.57 Å². The van der Waals surface area contributed by atoms with Gasteiger partial charge in [0.15, 0.2) is 0 Å². The number of nitrogens with one attached hydrogen (secondary N) is 1. The van der Waals surface area contributed by atoms with Crippen molar-refractivity contribution in [2.24, 2.45) is 0 Å². The van der Waals surface area contributed by atoms with Crippen molar-refractivity contribution in [2.45, 2.75) is 52.3 Å². The van der Waals surface area contributed by atoms with Crippen molar-refractivity contribution in [3.05, 3.63) is 62.6 Å². The lowest BCUT2D eigenvalue weighted by atomic mass is 9.88. The van der Waals surface area contributed by atoms with Crippen LogP contribution in [0.3, 0.4) is 0 Å². The Bertz CT molecular complexity index is 998. The van der Waals surface area contributed by atoms with E-state index in [0.717, 1.165) is 35.5 Å². The summed E-state index contributed by atoms with van der Waals surface area (Å²) >= 11 is 0. The van der Waals surface area contributed by atoms with Crippen molar-refractivity contribution in [1.29, 1.82) is 0 Å². The number of fused-ring (bicyclic) bond motifs is 5. The number of benzene rings is 1. The van der Waals surface area contributed by atoms with E-state index in [2.05, 4.69) is 30.4 Å². The van der Waals surface area contributed by atoms with Gasteiger partial charge >= 0.3 is 0 Å². The molecule has 1 atom stereocenters. The van der Waals surface area contributed by atoms with Gasteiger partial charge in [-0.15, -0.1) is 0 Å². The molecule has 0 saturated carbocycles. The summed E-state index contributed by atoms with van der Waals surface area (Å²) in [5.41, 5.74) is 8.58. The lowest BCUT2D eigenvalue weighted by molar-refractivity contribution is 0.242. The second kappa shape index (κ2) is 5.01. The van der Waals surface area contributed by atoms with E-state index in [0.29, 0.717) is 6.54 Å². The lowest BCUT2D eigenvalue weighted by Crippen LogP contribution is -2.19. The van der Waals surface area contributed by atoms with E-state index in [1.807, 2.05) is 24.5 Å². The average molecular weight is 334 g/mol. The molecule has 0 radical (unpaired) electrons. The van der Waals surface area contributed by atoms with Crippen molar-refractivity contribution in [3.63, 3.8) is 0 Å². The van der Waals surface area contributed by atoms with Crippen LogP contribution in [0.4, 0.5) is 5.69 Å². The van der Waals surface area contributed by atoms with E-state index in [9.17, 15) is 4.79 Å². The highest BCUT2D eigenvalue weighted by Crippen LogP contribution is 2.47. The second-order valence-corrected chi connectivity index (χ2v) is 7.45. The minimum absolute atomic E-state index is 0.123. The molecule has 4 heteroatoms. The molecule has 25 heavy (non-hydrogen) atoms. The fourth-order valence-electron chi connectivity index (χ4n) is 4.30. The summed E-state index contributed by atoms with van der Waals surface area (Å²) in [6.07, 6.45) is 1.98. The summed E-state index contributed by atoms with van der Waals surface area (Å²) in [5, 5.41) is 3.66. The van der Waals surface area contributed by atoms with Gasteiger partial charge in [0.2, 0.25) is 0 Å². The molecule has 5 rings (SSSR count). The lowest BCUT2D eigenvalue weighted by Gasteiger charge is -2.28. The van der Waals surface area contributed by atoms with Gasteiger partial charge in [-0.25, -0.2) is 0 Å². The Kier molecular flexibility index (Phi) is 2.97. The number of hydrogen-bond donors (Lipinski definition) is 1. The highest BCUT2D eigenvalue weighted by atomic mass is 16.5. The van der Waals surface area contributed by atoms with Gasteiger partial charge in [-0.2, -0.15) is 0 Å². The molecule has 128 valence electrons. The smallest absolute Gasteiger partial charge is 0.254 e. The van der Waals surface area contributed by atoms with E-state index in [4.69, 9.17) is 4.74 Å². The first-order chi connectivity index (χ1) is 12.1. The molecule has 0 spiro atoms. The third kappa shape index (κ3) is 2.10. The molecule has 1 aromatic carbocycles. The Labute approximate surface area is 147 Å². The van der Waals surface area contributed by atoms with Crippen LogP contribution in [-0.2, 0) is 13.0 Å². The molecular weight excluding hydrogens is 312 g/mol. The molecule has 1 aromatic heterocycles. The summed E-state index contributed by atoms with van der Waals surface area (Å²) in [7, 11) is 0. The maximum Gasteiger partial charge on any atom is 0.254 e. The Morgan fingerprint density at radius 3 is 2.92 bits per heavy atom. The number of hydrogen-bond acceptors (Lipinski definition) is 3. The molecule has 0 fully saturated rings. The van der Waals surface area contributed by atoms with Crippen molar-refractivity contribution >= 4 is 11.3 Å². The molecule has 1 N–H and O–H groups in total. The molecule has 1 unspecified atom stereocenters. The first kappa shape index (κ1) is 14.8. The fourth-order valence-corrected chi connectivity index (χ4v) is 4.30. The zero-order chi connectivity index (χ0) is 17.3. The van der Waals surface area contributed by atoms with Crippen molar-refractivity contribution < 1.29 is 4.74 Å². The Hall–Kier alpha value is -2.49. The van der Waals surface area contributed by atoms with Gasteiger partial charge in [-0.3, -0.25) is 4.79 Å². The average Bonchev–Trinajstić information content (AvgIpc) is 3.27. The molecule has 3 aliphatic rings. The van der Waals surface area contributed by atoms with Crippen LogP contribution in [0, 0.1) is 0 Å². The third-order valence-electron chi connectivity index (χ3n) is 5.47. The van der Waals surface area contributed by atoms with E-state index >= 15 is 0 Å². The van der Waals surface area contributed by atoms with Crippen LogP contribution in [-0.4, -0.2) is 10.7 Å². The molecule has 0 amide bonds. The molecule has 4 nitrogen and oxygen atoms in total. The summed E-state index contributed by atoms with van der Waals surface area (Å²) < 4.78 is 7.85. The van der Waals surface area contributed by atoms with Crippen LogP contribution in [0.5, 0.6) is 5.75 Å². The standard InChI is InChI=1S/C21H22N2O2/c1-4-14-16-9-13(25-11(2)3)5-6-18(16)22-20-17(14)10-23-19(20)8-12-7-15(12)21(23)24/h5-6,8-9,11,20,22H,4,7,10H2,1-3H3. The number of ether oxygens (including phenoxy) is 1. The minimum atomic E-state index is 0.123. The number of aromatic nitrogens is 1. The normalized spacial score (nSPS) is 19.1. The van der Waals surface area contributed by atoms with Gasteiger partial charge in [0.05, 0.1) is 12.1 Å². The van der Waals surface area contributed by atoms with Crippen LogP contribution in [0.1, 0.15) is 55.6 Å². The summed E-state index contributed by atoms with van der Waals surface area (Å²) in [5.74, 6) is 0.902. The van der Waals surface area contributed by atoms with Crippen molar-refractivity contribution in [2.75, 3.05) is 5.32 Å². The molecular formula is C21H22N2O2. The summed E-state index contributed by atoms with van der Waals surface area (Å²) in [6.45, 7) is 6.98. The zero-order valence-electron chi connectivity index (χ0n) is 14.8. The minimum Gasteiger partial charge on any atom is -0.491 e. The van der Waals surface area contributed by atoms with E-state index < -0.39 is 0 Å². The highest BCUT2D eigenvalue weighted by molar-refractivity contribution is 5.84. The topological polar surface area (TPSA) is 43.3 Å². The Morgan fingerprint density at radius 1 is 1.32 bits per heavy atom.